The molecule has 1 aromatic carbocycles. The number of H-pyrrole nitrogens is 1. The van der Waals surface area contributed by atoms with E-state index < -0.39 is 5.82 Å². The topological polar surface area (TPSA) is 44.9 Å². The molecule has 1 aromatic heterocycles. The van der Waals surface area contributed by atoms with Gasteiger partial charge in [-0.15, -0.1) is 0 Å². The first-order valence-electron chi connectivity index (χ1n) is 6.60. The highest BCUT2D eigenvalue weighted by molar-refractivity contribution is 6.31. The summed E-state index contributed by atoms with van der Waals surface area (Å²) in [6.07, 6.45) is 5.49. The predicted molar refractivity (Wildman–Crippen MR) is 78.4 cm³/mol. The first-order valence-corrected chi connectivity index (χ1v) is 6.98. The highest BCUT2D eigenvalue weighted by Gasteiger charge is 2.16. The van der Waals surface area contributed by atoms with Gasteiger partial charge in [0.15, 0.2) is 0 Å². The summed E-state index contributed by atoms with van der Waals surface area (Å²) in [7, 11) is 0. The molecule has 0 atom stereocenters. The van der Waals surface area contributed by atoms with E-state index in [0.29, 0.717) is 5.69 Å². The SMILES string of the molecule is O=c1[nH]cc(Nc2ccc(F)c(Cl)c2)c2c1CCCC2. The van der Waals surface area contributed by atoms with E-state index in [-0.39, 0.29) is 10.6 Å². The summed E-state index contributed by atoms with van der Waals surface area (Å²) in [6.45, 7) is 0. The van der Waals surface area contributed by atoms with Gasteiger partial charge in [-0.25, -0.2) is 4.39 Å². The molecule has 0 aliphatic heterocycles. The van der Waals surface area contributed by atoms with E-state index in [2.05, 4.69) is 10.3 Å². The second kappa shape index (κ2) is 5.29. The van der Waals surface area contributed by atoms with E-state index in [4.69, 9.17) is 11.6 Å². The molecule has 1 aliphatic rings. The van der Waals surface area contributed by atoms with Crippen molar-refractivity contribution in [1.82, 2.24) is 4.98 Å². The number of aromatic amines is 1. The number of fused-ring (bicyclic) bond motifs is 1. The first-order chi connectivity index (χ1) is 9.65. The van der Waals surface area contributed by atoms with Gasteiger partial charge >= 0.3 is 0 Å². The van der Waals surface area contributed by atoms with Crippen LogP contribution in [0.25, 0.3) is 0 Å². The van der Waals surface area contributed by atoms with Crippen molar-refractivity contribution in [2.24, 2.45) is 0 Å². The number of hydrogen-bond donors (Lipinski definition) is 2. The lowest BCUT2D eigenvalue weighted by Crippen LogP contribution is -2.20. The van der Waals surface area contributed by atoms with Crippen LogP contribution in [0.5, 0.6) is 0 Å². The molecule has 0 fully saturated rings. The quantitative estimate of drug-likeness (QED) is 0.884. The van der Waals surface area contributed by atoms with Crippen LogP contribution in [0.15, 0.2) is 29.2 Å². The van der Waals surface area contributed by atoms with Gasteiger partial charge in [0.05, 0.1) is 10.7 Å². The molecule has 104 valence electrons. The second-order valence-corrected chi connectivity index (χ2v) is 5.36. The minimum Gasteiger partial charge on any atom is -0.354 e. The third-order valence-electron chi connectivity index (χ3n) is 3.61. The molecule has 1 heterocycles. The van der Waals surface area contributed by atoms with Gasteiger partial charge in [0.2, 0.25) is 0 Å². The molecule has 2 aromatic rings. The average molecular weight is 293 g/mol. The Hall–Kier alpha value is -1.81. The summed E-state index contributed by atoms with van der Waals surface area (Å²) in [6, 6.07) is 4.49. The zero-order chi connectivity index (χ0) is 14.1. The molecule has 1 aliphatic carbocycles. The van der Waals surface area contributed by atoms with Gasteiger partial charge in [-0.3, -0.25) is 4.79 Å². The Bertz CT molecular complexity index is 712. The van der Waals surface area contributed by atoms with Crippen LogP contribution in [0.2, 0.25) is 5.02 Å². The van der Waals surface area contributed by atoms with Crippen LogP contribution in [-0.2, 0) is 12.8 Å². The molecule has 0 amide bonds. The van der Waals surface area contributed by atoms with Crippen LogP contribution in [-0.4, -0.2) is 4.98 Å². The zero-order valence-corrected chi connectivity index (χ0v) is 11.6. The predicted octanol–water partition coefficient (Wildman–Crippen LogP) is 3.79. The lowest BCUT2D eigenvalue weighted by molar-refractivity contribution is 0.628. The lowest BCUT2D eigenvalue weighted by atomic mass is 9.92. The fraction of sp³-hybridized carbons (Fsp3) is 0.267. The summed E-state index contributed by atoms with van der Waals surface area (Å²) in [4.78, 5) is 14.6. The third kappa shape index (κ3) is 2.43. The number of halogens is 2. The summed E-state index contributed by atoms with van der Waals surface area (Å²) in [5.74, 6) is -0.444. The summed E-state index contributed by atoms with van der Waals surface area (Å²) < 4.78 is 13.2. The van der Waals surface area contributed by atoms with Gasteiger partial charge in [0.1, 0.15) is 5.82 Å². The van der Waals surface area contributed by atoms with Crippen molar-refractivity contribution in [3.8, 4) is 0 Å². The molecular weight excluding hydrogens is 279 g/mol. The highest BCUT2D eigenvalue weighted by Crippen LogP contribution is 2.28. The van der Waals surface area contributed by atoms with Gasteiger partial charge in [-0.2, -0.15) is 0 Å². The van der Waals surface area contributed by atoms with Crippen molar-refractivity contribution in [2.75, 3.05) is 5.32 Å². The van der Waals surface area contributed by atoms with Gasteiger partial charge in [0, 0.05) is 17.4 Å². The number of rotatable bonds is 2. The molecule has 20 heavy (non-hydrogen) atoms. The van der Waals surface area contributed by atoms with Crippen molar-refractivity contribution < 1.29 is 4.39 Å². The van der Waals surface area contributed by atoms with Crippen LogP contribution in [0.1, 0.15) is 24.0 Å². The van der Waals surface area contributed by atoms with Crippen LogP contribution >= 0.6 is 11.6 Å². The molecule has 2 N–H and O–H groups in total. The number of pyridine rings is 1. The van der Waals surface area contributed by atoms with Crippen molar-refractivity contribution in [2.45, 2.75) is 25.7 Å². The van der Waals surface area contributed by atoms with E-state index in [0.717, 1.165) is 42.5 Å². The Balaban J connectivity index is 1.98. The van der Waals surface area contributed by atoms with Crippen molar-refractivity contribution in [3.05, 3.63) is 56.7 Å². The Morgan fingerprint density at radius 2 is 1.95 bits per heavy atom. The van der Waals surface area contributed by atoms with Crippen molar-refractivity contribution in [3.63, 3.8) is 0 Å². The molecular formula is C15H14ClFN2O. The van der Waals surface area contributed by atoms with E-state index in [1.54, 1.807) is 12.3 Å². The summed E-state index contributed by atoms with van der Waals surface area (Å²) in [5.41, 5.74) is 3.47. The number of hydrogen-bond acceptors (Lipinski definition) is 2. The summed E-state index contributed by atoms with van der Waals surface area (Å²) in [5, 5.41) is 3.28. The Labute approximate surface area is 120 Å². The maximum atomic E-state index is 13.2. The smallest absolute Gasteiger partial charge is 0.251 e. The minimum atomic E-state index is -0.444. The first kappa shape index (κ1) is 13.2. The van der Waals surface area contributed by atoms with E-state index in [1.807, 2.05) is 0 Å². The zero-order valence-electron chi connectivity index (χ0n) is 10.8. The number of benzene rings is 1. The van der Waals surface area contributed by atoms with Crippen molar-refractivity contribution >= 4 is 23.0 Å². The standard InChI is InChI=1S/C15H14ClFN2O/c16-12-7-9(5-6-13(12)17)19-14-8-18-15(20)11-4-2-1-3-10(11)14/h5-8,19H,1-4H2,(H,18,20). The maximum Gasteiger partial charge on any atom is 0.251 e. The monoisotopic (exact) mass is 292 g/mol. The number of nitrogens with one attached hydrogen (secondary N) is 2. The molecule has 0 unspecified atom stereocenters. The Morgan fingerprint density at radius 1 is 1.20 bits per heavy atom. The number of anilines is 2. The normalized spacial score (nSPS) is 13.9. The van der Waals surface area contributed by atoms with Crippen LogP contribution in [0, 0.1) is 5.82 Å². The average Bonchev–Trinajstić information content (AvgIpc) is 2.46. The molecule has 3 nitrogen and oxygen atoms in total. The van der Waals surface area contributed by atoms with Gasteiger partial charge in [0.25, 0.3) is 5.56 Å². The highest BCUT2D eigenvalue weighted by atomic mass is 35.5. The van der Waals surface area contributed by atoms with E-state index >= 15 is 0 Å². The minimum absolute atomic E-state index is 0.0117. The van der Waals surface area contributed by atoms with Crippen LogP contribution < -0.4 is 10.9 Å². The van der Waals surface area contributed by atoms with Crippen molar-refractivity contribution in [1.29, 1.82) is 0 Å². The van der Waals surface area contributed by atoms with E-state index in [9.17, 15) is 9.18 Å². The molecule has 0 saturated carbocycles. The molecule has 0 radical (unpaired) electrons. The Morgan fingerprint density at radius 3 is 2.70 bits per heavy atom. The Kier molecular flexibility index (Phi) is 3.49. The van der Waals surface area contributed by atoms with Gasteiger partial charge in [-0.05, 0) is 49.4 Å². The van der Waals surface area contributed by atoms with Crippen LogP contribution in [0.3, 0.4) is 0 Å². The van der Waals surface area contributed by atoms with Gasteiger partial charge in [-0.1, -0.05) is 11.6 Å². The summed E-state index contributed by atoms with van der Waals surface area (Å²) >= 11 is 5.78. The fourth-order valence-electron chi connectivity index (χ4n) is 2.61. The maximum absolute atomic E-state index is 13.2. The largest absolute Gasteiger partial charge is 0.354 e. The van der Waals surface area contributed by atoms with Gasteiger partial charge < -0.3 is 10.3 Å². The molecule has 3 rings (SSSR count). The number of aromatic nitrogens is 1. The third-order valence-corrected chi connectivity index (χ3v) is 3.90. The second-order valence-electron chi connectivity index (χ2n) is 4.95. The van der Waals surface area contributed by atoms with E-state index in [1.165, 1.54) is 12.1 Å². The molecule has 5 heteroatoms. The molecule has 0 bridgehead atoms. The lowest BCUT2D eigenvalue weighted by Gasteiger charge is -2.19. The fourth-order valence-corrected chi connectivity index (χ4v) is 2.79. The van der Waals surface area contributed by atoms with Crippen LogP contribution in [0.4, 0.5) is 15.8 Å². The molecule has 0 spiro atoms. The molecule has 0 saturated heterocycles.